The van der Waals surface area contributed by atoms with E-state index in [2.05, 4.69) is 204 Å². The van der Waals surface area contributed by atoms with Gasteiger partial charge in [0.25, 0.3) is 6.71 Å². The van der Waals surface area contributed by atoms with E-state index in [1.54, 1.807) is 0 Å². The van der Waals surface area contributed by atoms with Gasteiger partial charge in [0.1, 0.15) is 0 Å². The van der Waals surface area contributed by atoms with Crippen LogP contribution in [0.1, 0.15) is 79.0 Å². The fourth-order valence-electron chi connectivity index (χ4n) is 8.67. The molecule has 3 aliphatic heterocycles. The van der Waals surface area contributed by atoms with Crippen LogP contribution in [0.3, 0.4) is 0 Å². The van der Waals surface area contributed by atoms with Crippen molar-refractivity contribution in [3.63, 3.8) is 0 Å². The van der Waals surface area contributed by atoms with Crippen molar-refractivity contribution < 1.29 is 0 Å². The molecule has 0 aromatic heterocycles. The first kappa shape index (κ1) is 32.7. The van der Waals surface area contributed by atoms with Gasteiger partial charge in [-0.3, -0.25) is 0 Å². The lowest BCUT2D eigenvalue weighted by Gasteiger charge is -2.49. The average molecular weight is 678 g/mol. The minimum absolute atomic E-state index is 0.0789. The standard InChI is InChI=1S/C48H48BN3/c1-46(2,3)31-19-25-34(26-20-31)50-37-13-10-15-39-43(37)49-44-38(50)14-11-16-40(44)52(36-29-23-33(24-30-36)48(7,8)9)42-18-12-17-41(45(42)49)51(39)35-27-21-32(22-28-35)47(4,5)6/h10-30H,1-9H3. The third kappa shape index (κ3) is 4.87. The van der Waals surface area contributed by atoms with Gasteiger partial charge in [0.2, 0.25) is 0 Å². The molecule has 3 heterocycles. The summed E-state index contributed by atoms with van der Waals surface area (Å²) in [7, 11) is 0. The normalized spacial score (nSPS) is 14.5. The maximum absolute atomic E-state index is 2.52. The highest BCUT2D eigenvalue weighted by molar-refractivity contribution is 7.02. The monoisotopic (exact) mass is 677 g/mol. The maximum atomic E-state index is 2.52. The zero-order valence-corrected chi connectivity index (χ0v) is 32.0. The van der Waals surface area contributed by atoms with Crippen molar-refractivity contribution in [3.8, 4) is 0 Å². The van der Waals surface area contributed by atoms with E-state index in [9.17, 15) is 0 Å². The van der Waals surface area contributed by atoms with E-state index in [0.717, 1.165) is 0 Å². The van der Waals surface area contributed by atoms with Crippen LogP contribution in [0.4, 0.5) is 51.2 Å². The molecule has 0 aliphatic carbocycles. The van der Waals surface area contributed by atoms with Gasteiger partial charge >= 0.3 is 0 Å². The summed E-state index contributed by atoms with van der Waals surface area (Å²) in [4.78, 5) is 7.55. The van der Waals surface area contributed by atoms with Gasteiger partial charge in [-0.05, 0) is 122 Å². The number of benzene rings is 6. The van der Waals surface area contributed by atoms with Crippen LogP contribution in [0.25, 0.3) is 0 Å². The van der Waals surface area contributed by atoms with Crippen LogP contribution in [0.2, 0.25) is 0 Å². The summed E-state index contributed by atoms with van der Waals surface area (Å²) in [6, 6.07) is 48.5. The Bertz CT molecular complexity index is 2020. The van der Waals surface area contributed by atoms with Crippen molar-refractivity contribution in [1.29, 1.82) is 0 Å². The topological polar surface area (TPSA) is 9.72 Å². The average Bonchev–Trinajstić information content (AvgIpc) is 3.11. The Morgan fingerprint density at radius 2 is 0.519 bits per heavy atom. The first-order chi connectivity index (χ1) is 24.7. The Kier molecular flexibility index (Phi) is 7.00. The number of rotatable bonds is 3. The fraction of sp³-hybridized carbons (Fsp3) is 0.250. The van der Waals surface area contributed by atoms with Gasteiger partial charge in [0.05, 0.1) is 0 Å². The number of hydrogen-bond donors (Lipinski definition) is 0. The smallest absolute Gasteiger partial charge is 0.257 e. The highest BCUT2D eigenvalue weighted by Gasteiger charge is 2.49. The lowest BCUT2D eigenvalue weighted by atomic mass is 9.32. The molecule has 3 nitrogen and oxygen atoms in total. The second-order valence-electron chi connectivity index (χ2n) is 18.0. The second kappa shape index (κ2) is 11.1. The highest BCUT2D eigenvalue weighted by Crippen LogP contribution is 2.50. The third-order valence-electron chi connectivity index (χ3n) is 11.5. The van der Waals surface area contributed by atoms with E-state index in [4.69, 9.17) is 0 Å². The van der Waals surface area contributed by atoms with Crippen molar-refractivity contribution in [2.24, 2.45) is 0 Å². The summed E-state index contributed by atoms with van der Waals surface area (Å²) in [5.41, 5.74) is 19.4. The van der Waals surface area contributed by atoms with E-state index >= 15 is 0 Å². The largest absolute Gasteiger partial charge is 0.311 e. The zero-order chi connectivity index (χ0) is 36.3. The Hall–Kier alpha value is -5.22. The first-order valence-electron chi connectivity index (χ1n) is 18.8. The molecule has 0 unspecified atom stereocenters. The molecule has 0 saturated heterocycles. The molecule has 0 radical (unpaired) electrons. The van der Waals surface area contributed by atoms with Crippen molar-refractivity contribution in [1.82, 2.24) is 0 Å². The van der Waals surface area contributed by atoms with Crippen molar-refractivity contribution >= 4 is 74.3 Å². The number of nitrogens with zero attached hydrogens (tertiary/aromatic N) is 3. The molecular formula is C48H48BN3. The Morgan fingerprint density at radius 3 is 0.712 bits per heavy atom. The summed E-state index contributed by atoms with van der Waals surface area (Å²) in [6.45, 7) is 20.7. The number of hydrogen-bond acceptors (Lipinski definition) is 3. The molecule has 52 heavy (non-hydrogen) atoms. The van der Waals surface area contributed by atoms with Crippen molar-refractivity contribution in [2.45, 2.75) is 78.6 Å². The second-order valence-corrected chi connectivity index (χ2v) is 18.0. The van der Waals surface area contributed by atoms with Gasteiger partial charge in [-0.2, -0.15) is 0 Å². The van der Waals surface area contributed by atoms with Gasteiger partial charge < -0.3 is 14.7 Å². The van der Waals surface area contributed by atoms with E-state index in [1.807, 2.05) is 0 Å². The van der Waals surface area contributed by atoms with Gasteiger partial charge in [-0.1, -0.05) is 117 Å². The molecule has 0 atom stereocenters. The van der Waals surface area contributed by atoms with Crippen LogP contribution in [0, 0.1) is 0 Å². The summed E-state index contributed by atoms with van der Waals surface area (Å²) in [6.07, 6.45) is 0. The van der Waals surface area contributed by atoms with Crippen LogP contribution in [-0.2, 0) is 16.2 Å². The molecule has 258 valence electrons. The third-order valence-corrected chi connectivity index (χ3v) is 11.5. The van der Waals surface area contributed by atoms with E-state index in [-0.39, 0.29) is 23.0 Å². The molecule has 0 fully saturated rings. The minimum atomic E-state index is 0.0789. The predicted molar refractivity (Wildman–Crippen MR) is 225 cm³/mol. The lowest BCUT2D eigenvalue weighted by molar-refractivity contribution is 0.590. The van der Waals surface area contributed by atoms with Crippen molar-refractivity contribution in [3.05, 3.63) is 144 Å². The van der Waals surface area contributed by atoms with E-state index in [1.165, 1.54) is 84.3 Å². The first-order valence-corrected chi connectivity index (χ1v) is 18.8. The molecule has 6 aromatic rings. The molecule has 0 bridgehead atoms. The van der Waals surface area contributed by atoms with Crippen LogP contribution in [-0.4, -0.2) is 6.71 Å². The van der Waals surface area contributed by atoms with Crippen LogP contribution < -0.4 is 31.1 Å². The van der Waals surface area contributed by atoms with E-state index in [0.29, 0.717) is 0 Å². The van der Waals surface area contributed by atoms with E-state index < -0.39 is 0 Å². The summed E-state index contributed by atoms with van der Waals surface area (Å²) in [5, 5.41) is 0. The van der Waals surface area contributed by atoms with Crippen LogP contribution >= 0.6 is 0 Å². The Balaban J connectivity index is 1.33. The molecule has 0 saturated carbocycles. The Labute approximate surface area is 310 Å². The molecule has 3 aliphatic rings. The molecule has 0 N–H and O–H groups in total. The maximum Gasteiger partial charge on any atom is 0.257 e. The minimum Gasteiger partial charge on any atom is -0.311 e. The van der Waals surface area contributed by atoms with Crippen LogP contribution in [0.5, 0.6) is 0 Å². The molecule has 9 rings (SSSR count). The lowest BCUT2D eigenvalue weighted by Crippen LogP contribution is -2.64. The molecule has 6 aromatic carbocycles. The predicted octanol–water partition coefficient (Wildman–Crippen LogP) is 11.4. The molecular weight excluding hydrogens is 629 g/mol. The molecule has 0 amide bonds. The summed E-state index contributed by atoms with van der Waals surface area (Å²) in [5.74, 6) is 0. The SMILES string of the molecule is CC(C)(C)c1ccc(N2c3cccc4c3B3c5c2cccc5N(c2ccc(C(C)(C)C)cc2)c2cccc(c23)N4c2ccc(C(C)(C)C)cc2)cc1. The van der Waals surface area contributed by atoms with Gasteiger partial charge in [-0.15, -0.1) is 0 Å². The zero-order valence-electron chi connectivity index (χ0n) is 32.0. The fourth-order valence-corrected chi connectivity index (χ4v) is 8.67. The van der Waals surface area contributed by atoms with Gasteiger partial charge in [-0.25, -0.2) is 0 Å². The Morgan fingerprint density at radius 1 is 0.308 bits per heavy atom. The number of anilines is 9. The van der Waals surface area contributed by atoms with Crippen molar-refractivity contribution in [2.75, 3.05) is 14.7 Å². The molecule has 0 spiro atoms. The highest BCUT2D eigenvalue weighted by atomic mass is 15.2. The quantitative estimate of drug-likeness (QED) is 0.172. The van der Waals surface area contributed by atoms with Gasteiger partial charge in [0.15, 0.2) is 0 Å². The summed E-state index contributed by atoms with van der Waals surface area (Å²) < 4.78 is 0. The van der Waals surface area contributed by atoms with Gasteiger partial charge in [0, 0.05) is 51.2 Å². The molecule has 4 heteroatoms. The van der Waals surface area contributed by atoms with Crippen LogP contribution in [0.15, 0.2) is 127 Å². The summed E-state index contributed by atoms with van der Waals surface area (Å²) >= 11 is 0.